The Balaban J connectivity index is 2.84. The topological polar surface area (TPSA) is 54.0 Å². The van der Waals surface area contributed by atoms with Crippen molar-refractivity contribution in [1.29, 1.82) is 5.26 Å². The number of fused-ring (bicyclic) bond motifs is 1. The molecule has 4 nitrogen and oxygen atoms in total. The molecule has 5 heteroatoms. The normalized spacial score (nSPS) is 10.0. The summed E-state index contributed by atoms with van der Waals surface area (Å²) >= 11 is 5.70. The van der Waals surface area contributed by atoms with Crippen LogP contribution in [0.5, 0.6) is 0 Å². The first kappa shape index (κ1) is 7.07. The van der Waals surface area contributed by atoms with Crippen LogP contribution in [0.1, 0.15) is 5.69 Å². The van der Waals surface area contributed by atoms with Crippen LogP contribution in [0.3, 0.4) is 0 Å². The van der Waals surface area contributed by atoms with Crippen molar-refractivity contribution in [2.75, 3.05) is 0 Å². The third-order valence-electron chi connectivity index (χ3n) is 1.48. The number of pyridine rings is 1. The lowest BCUT2D eigenvalue weighted by Gasteiger charge is -1.90. The van der Waals surface area contributed by atoms with Gasteiger partial charge in [0.15, 0.2) is 5.69 Å². The maximum atomic E-state index is 8.59. The zero-order valence-corrected chi connectivity index (χ0v) is 6.65. The molecule has 2 aromatic heterocycles. The summed E-state index contributed by atoms with van der Waals surface area (Å²) in [6.07, 6.45) is 1.60. The molecular weight excluding hydrogens is 176 g/mol. The third kappa shape index (κ3) is 0.917. The number of nitriles is 1. The van der Waals surface area contributed by atoms with Gasteiger partial charge >= 0.3 is 0 Å². The van der Waals surface area contributed by atoms with Crippen LogP contribution in [0.15, 0.2) is 18.3 Å². The molecule has 12 heavy (non-hydrogen) atoms. The summed E-state index contributed by atoms with van der Waals surface area (Å²) in [5.41, 5.74) is 0.980. The number of halogens is 1. The molecule has 0 N–H and O–H groups in total. The summed E-state index contributed by atoms with van der Waals surface area (Å²) in [6, 6.07) is 5.34. The maximum absolute atomic E-state index is 8.59. The molecule has 0 aliphatic carbocycles. The van der Waals surface area contributed by atoms with Crippen LogP contribution >= 0.6 is 11.6 Å². The van der Waals surface area contributed by atoms with Crippen LogP contribution in [0.2, 0.25) is 5.02 Å². The summed E-state index contributed by atoms with van der Waals surface area (Å²) in [7, 11) is 0. The first-order chi connectivity index (χ1) is 5.81. The molecule has 58 valence electrons. The van der Waals surface area contributed by atoms with Gasteiger partial charge < -0.3 is 0 Å². The van der Waals surface area contributed by atoms with E-state index in [0.717, 1.165) is 0 Å². The summed E-state index contributed by atoms with van der Waals surface area (Å²) in [4.78, 5) is 0. The Morgan fingerprint density at radius 2 is 2.33 bits per heavy atom. The smallest absolute Gasteiger partial charge is 0.190 e. The van der Waals surface area contributed by atoms with Crippen LogP contribution in [0, 0.1) is 11.3 Å². The van der Waals surface area contributed by atoms with E-state index in [-0.39, 0.29) is 0 Å². The summed E-state index contributed by atoms with van der Waals surface area (Å²) in [5.74, 6) is 0. The fourth-order valence-corrected chi connectivity index (χ4v) is 1.10. The Morgan fingerprint density at radius 1 is 1.50 bits per heavy atom. The Labute approximate surface area is 73.0 Å². The van der Waals surface area contributed by atoms with Crippen molar-refractivity contribution in [1.82, 2.24) is 14.8 Å². The lowest BCUT2D eigenvalue weighted by Crippen LogP contribution is -1.85. The molecule has 0 radical (unpaired) electrons. The first-order valence-corrected chi connectivity index (χ1v) is 3.60. The highest BCUT2D eigenvalue weighted by atomic mass is 35.5. The molecule has 2 aromatic rings. The van der Waals surface area contributed by atoms with Gasteiger partial charge in [-0.2, -0.15) is 5.26 Å². The minimum absolute atomic E-state index is 0.312. The number of hydrogen-bond acceptors (Lipinski definition) is 3. The molecule has 0 spiro atoms. The van der Waals surface area contributed by atoms with E-state index in [9.17, 15) is 0 Å². The zero-order chi connectivity index (χ0) is 8.55. The Hall–Kier alpha value is -1.60. The van der Waals surface area contributed by atoms with Gasteiger partial charge in [-0.3, -0.25) is 0 Å². The Kier molecular flexibility index (Phi) is 1.45. The van der Waals surface area contributed by atoms with Gasteiger partial charge in [0, 0.05) is 6.20 Å². The molecule has 0 atom stereocenters. The van der Waals surface area contributed by atoms with Gasteiger partial charge in [-0.05, 0) is 12.1 Å². The standard InChI is InChI=1S/C7H3ClN4/c8-5-1-2-7-6(3-9)10-11-12(7)4-5/h1-2,4H. The van der Waals surface area contributed by atoms with Gasteiger partial charge in [0.05, 0.1) is 5.02 Å². The molecule has 0 fully saturated rings. The highest BCUT2D eigenvalue weighted by Gasteiger charge is 2.03. The second-order valence-corrected chi connectivity index (χ2v) is 2.66. The van der Waals surface area contributed by atoms with E-state index in [0.29, 0.717) is 16.2 Å². The third-order valence-corrected chi connectivity index (χ3v) is 1.71. The molecule has 0 saturated heterocycles. The van der Waals surface area contributed by atoms with Crippen LogP contribution in [0.4, 0.5) is 0 Å². The monoisotopic (exact) mass is 178 g/mol. The summed E-state index contributed by atoms with van der Waals surface area (Å²) < 4.78 is 1.47. The van der Waals surface area contributed by atoms with Gasteiger partial charge in [-0.1, -0.05) is 16.8 Å². The second-order valence-electron chi connectivity index (χ2n) is 2.23. The molecule has 0 aliphatic rings. The van der Waals surface area contributed by atoms with Crippen molar-refractivity contribution in [3.05, 3.63) is 29.0 Å². The molecule has 0 saturated carbocycles. The van der Waals surface area contributed by atoms with Crippen LogP contribution in [0.25, 0.3) is 5.52 Å². The van der Waals surface area contributed by atoms with E-state index in [1.807, 2.05) is 6.07 Å². The number of aromatic nitrogens is 3. The van der Waals surface area contributed by atoms with Crippen molar-refractivity contribution in [2.45, 2.75) is 0 Å². The van der Waals surface area contributed by atoms with E-state index >= 15 is 0 Å². The molecule has 0 aliphatic heterocycles. The summed E-state index contributed by atoms with van der Waals surface area (Å²) in [5, 5.41) is 16.5. The Morgan fingerprint density at radius 3 is 3.08 bits per heavy atom. The molecule has 2 rings (SSSR count). The van der Waals surface area contributed by atoms with E-state index in [1.165, 1.54) is 4.52 Å². The van der Waals surface area contributed by atoms with E-state index < -0.39 is 0 Å². The average molecular weight is 179 g/mol. The molecule has 0 aromatic carbocycles. The number of rotatable bonds is 0. The highest BCUT2D eigenvalue weighted by molar-refractivity contribution is 6.30. The van der Waals surface area contributed by atoms with E-state index in [2.05, 4.69) is 10.3 Å². The van der Waals surface area contributed by atoms with Gasteiger partial charge in [0.2, 0.25) is 0 Å². The largest absolute Gasteiger partial charge is 0.218 e. The predicted octanol–water partition coefficient (Wildman–Crippen LogP) is 1.25. The molecular formula is C7H3ClN4. The van der Waals surface area contributed by atoms with Crippen LogP contribution in [-0.4, -0.2) is 14.8 Å². The van der Waals surface area contributed by atoms with Gasteiger partial charge in [0.25, 0.3) is 0 Å². The first-order valence-electron chi connectivity index (χ1n) is 3.22. The molecule has 0 amide bonds. The highest BCUT2D eigenvalue weighted by Crippen LogP contribution is 2.11. The summed E-state index contributed by atoms with van der Waals surface area (Å²) in [6.45, 7) is 0. The molecule has 2 heterocycles. The van der Waals surface area contributed by atoms with E-state index in [1.54, 1.807) is 18.3 Å². The molecule has 0 bridgehead atoms. The van der Waals surface area contributed by atoms with Crippen molar-refractivity contribution in [2.24, 2.45) is 0 Å². The predicted molar refractivity (Wildman–Crippen MR) is 42.7 cm³/mol. The van der Waals surface area contributed by atoms with Crippen LogP contribution in [-0.2, 0) is 0 Å². The van der Waals surface area contributed by atoms with Crippen molar-refractivity contribution >= 4 is 17.1 Å². The second kappa shape index (κ2) is 2.47. The fourth-order valence-electron chi connectivity index (χ4n) is 0.950. The number of hydrogen-bond donors (Lipinski definition) is 0. The van der Waals surface area contributed by atoms with Crippen molar-refractivity contribution < 1.29 is 0 Å². The lowest BCUT2D eigenvalue weighted by atomic mass is 10.3. The molecule has 0 unspecified atom stereocenters. The fraction of sp³-hybridized carbons (Fsp3) is 0. The van der Waals surface area contributed by atoms with Crippen molar-refractivity contribution in [3.8, 4) is 6.07 Å². The van der Waals surface area contributed by atoms with Crippen molar-refractivity contribution in [3.63, 3.8) is 0 Å². The minimum Gasteiger partial charge on any atom is -0.218 e. The quantitative estimate of drug-likeness (QED) is 0.610. The van der Waals surface area contributed by atoms with Gasteiger partial charge in [0.1, 0.15) is 11.6 Å². The minimum atomic E-state index is 0.312. The van der Waals surface area contributed by atoms with Gasteiger partial charge in [-0.25, -0.2) is 4.52 Å². The van der Waals surface area contributed by atoms with Gasteiger partial charge in [-0.15, -0.1) is 5.10 Å². The average Bonchev–Trinajstić information content (AvgIpc) is 2.46. The number of nitrogens with zero attached hydrogens (tertiary/aromatic N) is 4. The Bertz CT molecular complexity index is 468. The lowest BCUT2D eigenvalue weighted by molar-refractivity contribution is 0.853. The zero-order valence-electron chi connectivity index (χ0n) is 5.90. The van der Waals surface area contributed by atoms with Crippen LogP contribution < -0.4 is 0 Å². The maximum Gasteiger partial charge on any atom is 0.190 e. The SMILES string of the molecule is N#Cc1nnn2cc(Cl)ccc12. The van der Waals surface area contributed by atoms with E-state index in [4.69, 9.17) is 16.9 Å².